The smallest absolute Gasteiger partial charge is 0.278 e. The van der Waals surface area contributed by atoms with Crippen molar-refractivity contribution in [3.63, 3.8) is 0 Å². The van der Waals surface area contributed by atoms with Gasteiger partial charge >= 0.3 is 12.4 Å². The van der Waals surface area contributed by atoms with Crippen LogP contribution in [0.1, 0.15) is 16.7 Å². The molecule has 0 aliphatic carbocycles. The Hall–Kier alpha value is -2.74. The summed E-state index contributed by atoms with van der Waals surface area (Å²) in [6.45, 7) is 0. The third-order valence-electron chi connectivity index (χ3n) is 3.16. The standard InChI is InChI=1S/C15H8F6N2O2S/c16-14(17,18)10-5-11(15(19,20)21)7-12(6-10)26(24,25)23-13-4-2-1-3-9(13)8-22/h1-7,23H. The van der Waals surface area contributed by atoms with Crippen LogP contribution in [-0.2, 0) is 22.4 Å². The van der Waals surface area contributed by atoms with Gasteiger partial charge in [0.05, 0.1) is 27.3 Å². The highest BCUT2D eigenvalue weighted by atomic mass is 32.2. The first-order valence-corrected chi connectivity index (χ1v) is 8.14. The minimum atomic E-state index is -5.18. The molecule has 0 saturated carbocycles. The minimum Gasteiger partial charge on any atom is -0.278 e. The highest BCUT2D eigenvalue weighted by Crippen LogP contribution is 2.37. The summed E-state index contributed by atoms with van der Waals surface area (Å²) in [5.41, 5.74) is -3.96. The van der Waals surface area contributed by atoms with Crippen molar-refractivity contribution in [2.45, 2.75) is 17.2 Å². The molecule has 0 atom stereocenters. The number of hydrogen-bond acceptors (Lipinski definition) is 3. The molecule has 4 nitrogen and oxygen atoms in total. The Morgan fingerprint density at radius 2 is 1.38 bits per heavy atom. The van der Waals surface area contributed by atoms with Crippen LogP contribution in [0.15, 0.2) is 47.4 Å². The van der Waals surface area contributed by atoms with E-state index < -0.39 is 38.4 Å². The molecule has 1 N–H and O–H groups in total. The normalized spacial score (nSPS) is 12.5. The van der Waals surface area contributed by atoms with Crippen molar-refractivity contribution in [1.82, 2.24) is 0 Å². The number of rotatable bonds is 3. The second kappa shape index (κ2) is 6.53. The second-order valence-electron chi connectivity index (χ2n) is 5.00. The van der Waals surface area contributed by atoms with Crippen molar-refractivity contribution in [2.75, 3.05) is 4.72 Å². The zero-order chi connectivity index (χ0) is 19.8. The van der Waals surface area contributed by atoms with Crippen LogP contribution >= 0.6 is 0 Å². The number of nitrogens with one attached hydrogen (secondary N) is 1. The summed E-state index contributed by atoms with van der Waals surface area (Å²) in [5, 5.41) is 8.91. The highest BCUT2D eigenvalue weighted by molar-refractivity contribution is 7.92. The van der Waals surface area contributed by atoms with E-state index in [4.69, 9.17) is 5.26 Å². The molecule has 138 valence electrons. The van der Waals surface area contributed by atoms with E-state index in [9.17, 15) is 34.8 Å². The molecular weight excluding hydrogens is 386 g/mol. The fourth-order valence-electron chi connectivity index (χ4n) is 1.95. The van der Waals surface area contributed by atoms with Gasteiger partial charge in [0.1, 0.15) is 6.07 Å². The average Bonchev–Trinajstić information content (AvgIpc) is 2.53. The molecule has 0 aliphatic rings. The molecule has 0 aromatic heterocycles. The Labute approximate surface area is 143 Å². The van der Waals surface area contributed by atoms with Gasteiger partial charge in [-0.2, -0.15) is 31.6 Å². The number of halogens is 6. The van der Waals surface area contributed by atoms with Gasteiger partial charge < -0.3 is 0 Å². The Morgan fingerprint density at radius 3 is 1.85 bits per heavy atom. The fourth-order valence-corrected chi connectivity index (χ4v) is 3.10. The van der Waals surface area contributed by atoms with E-state index in [-0.39, 0.29) is 29.4 Å². The van der Waals surface area contributed by atoms with E-state index in [1.807, 2.05) is 4.72 Å². The second-order valence-corrected chi connectivity index (χ2v) is 6.69. The predicted octanol–water partition coefficient (Wildman–Crippen LogP) is 4.40. The van der Waals surface area contributed by atoms with Gasteiger partial charge in [-0.25, -0.2) is 8.42 Å². The summed E-state index contributed by atoms with van der Waals surface area (Å²) in [6.07, 6.45) is -10.4. The first-order chi connectivity index (χ1) is 11.8. The molecule has 0 heterocycles. The fraction of sp³-hybridized carbons (Fsp3) is 0.133. The highest BCUT2D eigenvalue weighted by Gasteiger charge is 2.38. The minimum absolute atomic E-state index is 0.0898. The zero-order valence-corrected chi connectivity index (χ0v) is 13.3. The maximum Gasteiger partial charge on any atom is 0.416 e. The first-order valence-electron chi connectivity index (χ1n) is 6.66. The Morgan fingerprint density at radius 1 is 0.885 bits per heavy atom. The molecule has 0 amide bonds. The molecular formula is C15H8F6N2O2S. The third-order valence-corrected chi connectivity index (χ3v) is 4.51. The van der Waals surface area contributed by atoms with Crippen molar-refractivity contribution in [3.05, 3.63) is 59.2 Å². The van der Waals surface area contributed by atoms with E-state index in [1.165, 1.54) is 18.2 Å². The molecule has 2 aromatic rings. The number of benzene rings is 2. The molecule has 2 aromatic carbocycles. The van der Waals surface area contributed by atoms with Crippen LogP contribution in [0.2, 0.25) is 0 Å². The predicted molar refractivity (Wildman–Crippen MR) is 78.4 cm³/mol. The Bertz CT molecular complexity index is 943. The van der Waals surface area contributed by atoms with Gasteiger partial charge in [-0.3, -0.25) is 4.72 Å². The molecule has 0 fully saturated rings. The summed E-state index contributed by atoms with van der Waals surface area (Å²) in [7, 11) is -4.81. The largest absolute Gasteiger partial charge is 0.416 e. The number of alkyl halides is 6. The number of nitrogens with zero attached hydrogens (tertiary/aromatic N) is 1. The number of hydrogen-bond donors (Lipinski definition) is 1. The topological polar surface area (TPSA) is 70.0 Å². The van der Waals surface area contributed by atoms with E-state index in [1.54, 1.807) is 6.07 Å². The molecule has 0 unspecified atom stereocenters. The molecule has 26 heavy (non-hydrogen) atoms. The molecule has 0 radical (unpaired) electrons. The lowest BCUT2D eigenvalue weighted by Gasteiger charge is -2.15. The van der Waals surface area contributed by atoms with Crippen LogP contribution in [0.3, 0.4) is 0 Å². The Kier molecular flexibility index (Phi) is 4.92. The van der Waals surface area contributed by atoms with Crippen molar-refractivity contribution in [3.8, 4) is 6.07 Å². The summed E-state index contributed by atoms with van der Waals surface area (Å²) in [6, 6.07) is 6.77. The van der Waals surface area contributed by atoms with Gasteiger partial charge in [0.2, 0.25) is 0 Å². The lowest BCUT2D eigenvalue weighted by Crippen LogP contribution is -2.18. The van der Waals surface area contributed by atoms with Crippen LogP contribution < -0.4 is 4.72 Å². The van der Waals surface area contributed by atoms with E-state index >= 15 is 0 Å². The SMILES string of the molecule is N#Cc1ccccc1NS(=O)(=O)c1cc(C(F)(F)F)cc(C(F)(F)F)c1. The van der Waals surface area contributed by atoms with Crippen molar-refractivity contribution in [2.24, 2.45) is 0 Å². The van der Waals surface area contributed by atoms with Gasteiger partial charge in [0.25, 0.3) is 10.0 Å². The molecule has 11 heteroatoms. The zero-order valence-electron chi connectivity index (χ0n) is 12.5. The Balaban J connectivity index is 2.60. The summed E-state index contributed by atoms with van der Waals surface area (Å²) in [4.78, 5) is -1.23. The summed E-state index contributed by atoms with van der Waals surface area (Å²) in [5.74, 6) is 0. The van der Waals surface area contributed by atoms with Gasteiger partial charge in [0.15, 0.2) is 0 Å². The quantitative estimate of drug-likeness (QED) is 0.785. The van der Waals surface area contributed by atoms with Crippen molar-refractivity contribution >= 4 is 15.7 Å². The third kappa shape index (κ3) is 4.26. The number of anilines is 1. The summed E-state index contributed by atoms with van der Waals surface area (Å²) >= 11 is 0. The molecule has 0 aliphatic heterocycles. The van der Waals surface area contributed by atoms with Gasteiger partial charge in [-0.1, -0.05) is 12.1 Å². The van der Waals surface area contributed by atoms with E-state index in [0.29, 0.717) is 0 Å². The molecule has 2 rings (SSSR count). The molecule has 0 bridgehead atoms. The van der Waals surface area contributed by atoms with Crippen molar-refractivity contribution in [1.29, 1.82) is 5.26 Å². The van der Waals surface area contributed by atoms with E-state index in [0.717, 1.165) is 6.07 Å². The number of nitriles is 1. The van der Waals surface area contributed by atoms with Crippen LogP contribution in [-0.4, -0.2) is 8.42 Å². The number of sulfonamides is 1. The average molecular weight is 394 g/mol. The monoisotopic (exact) mass is 394 g/mol. The van der Waals surface area contributed by atoms with Crippen molar-refractivity contribution < 1.29 is 34.8 Å². The summed E-state index contributed by atoms with van der Waals surface area (Å²) < 4.78 is 103. The van der Waals surface area contributed by atoms with Gasteiger partial charge in [-0.15, -0.1) is 0 Å². The van der Waals surface area contributed by atoms with Crippen LogP contribution in [0.25, 0.3) is 0 Å². The van der Waals surface area contributed by atoms with Crippen LogP contribution in [0.4, 0.5) is 32.0 Å². The molecule has 0 spiro atoms. The van der Waals surface area contributed by atoms with Gasteiger partial charge in [-0.05, 0) is 30.3 Å². The maximum absolute atomic E-state index is 12.8. The lowest BCUT2D eigenvalue weighted by atomic mass is 10.1. The van der Waals surface area contributed by atoms with Crippen LogP contribution in [0, 0.1) is 11.3 Å². The van der Waals surface area contributed by atoms with Crippen LogP contribution in [0.5, 0.6) is 0 Å². The van der Waals surface area contributed by atoms with E-state index in [2.05, 4.69) is 0 Å². The van der Waals surface area contributed by atoms with Gasteiger partial charge in [0, 0.05) is 0 Å². The first kappa shape index (κ1) is 19.6. The maximum atomic E-state index is 12.8. The lowest BCUT2D eigenvalue weighted by molar-refractivity contribution is -0.143. The number of para-hydroxylation sites is 1. The molecule has 0 saturated heterocycles.